The van der Waals surface area contributed by atoms with Gasteiger partial charge in [-0.2, -0.15) is 4.37 Å². The summed E-state index contributed by atoms with van der Waals surface area (Å²) >= 11 is 2.77. The van der Waals surface area contributed by atoms with Crippen molar-refractivity contribution < 1.29 is 4.39 Å². The minimum atomic E-state index is -0.210. The molecule has 0 aliphatic carbocycles. The Morgan fingerprint density at radius 3 is 2.89 bits per heavy atom. The topological polar surface area (TPSA) is 51.8 Å². The zero-order chi connectivity index (χ0) is 13.1. The molecule has 96 valence electrons. The van der Waals surface area contributed by atoms with E-state index in [0.717, 1.165) is 15.1 Å². The highest BCUT2D eigenvalue weighted by Crippen LogP contribution is 2.33. The van der Waals surface area contributed by atoms with Crippen LogP contribution < -0.4 is 5.73 Å². The fourth-order valence-electron chi connectivity index (χ4n) is 1.57. The lowest BCUT2D eigenvalue weighted by molar-refractivity contribution is 0.588. The predicted molar refractivity (Wildman–Crippen MR) is 72.5 cm³/mol. The largest absolute Gasteiger partial charge is 0.328 e. The molecule has 1 atom stereocenters. The summed E-state index contributed by atoms with van der Waals surface area (Å²) in [4.78, 5) is 5.14. The van der Waals surface area contributed by atoms with E-state index in [0.29, 0.717) is 12.0 Å². The van der Waals surface area contributed by atoms with Crippen molar-refractivity contribution >= 4 is 23.3 Å². The van der Waals surface area contributed by atoms with Crippen LogP contribution in [0.4, 0.5) is 4.39 Å². The van der Waals surface area contributed by atoms with Gasteiger partial charge in [-0.3, -0.25) is 0 Å². The molecular weight excluding hydrogens is 269 g/mol. The van der Waals surface area contributed by atoms with E-state index in [1.54, 1.807) is 6.07 Å². The summed E-state index contributed by atoms with van der Waals surface area (Å²) in [5, 5.41) is 0. The third-order valence-corrected chi connectivity index (χ3v) is 4.25. The minimum absolute atomic E-state index is 0.0718. The number of benzene rings is 1. The molecule has 0 spiro atoms. The summed E-state index contributed by atoms with van der Waals surface area (Å²) in [7, 11) is 0. The maximum Gasteiger partial charge on any atom is 0.174 e. The summed E-state index contributed by atoms with van der Waals surface area (Å²) in [6.45, 7) is 3.71. The molecular formula is C12H14FN3S2. The molecule has 3 nitrogen and oxygen atoms in total. The molecule has 0 aliphatic rings. The Labute approximate surface area is 114 Å². The molecule has 0 fully saturated rings. The molecule has 2 N–H and O–H groups in total. The van der Waals surface area contributed by atoms with Crippen LogP contribution >= 0.6 is 23.3 Å². The number of aromatic nitrogens is 2. The molecule has 1 heterocycles. The Morgan fingerprint density at radius 1 is 1.50 bits per heavy atom. The fraction of sp³-hybridized carbons (Fsp3) is 0.333. The first-order valence-corrected chi connectivity index (χ1v) is 7.16. The van der Waals surface area contributed by atoms with Gasteiger partial charge in [-0.25, -0.2) is 9.37 Å². The van der Waals surface area contributed by atoms with Gasteiger partial charge in [0.15, 0.2) is 4.34 Å². The SMILES string of the molecule is Cc1nsc(Sc2cccc(F)c2CC(C)N)n1. The molecule has 1 unspecified atom stereocenters. The average Bonchev–Trinajstić information content (AvgIpc) is 2.69. The van der Waals surface area contributed by atoms with E-state index in [1.807, 2.05) is 19.9 Å². The Hall–Kier alpha value is -0.980. The summed E-state index contributed by atoms with van der Waals surface area (Å²) in [6, 6.07) is 4.99. The maximum atomic E-state index is 13.8. The summed E-state index contributed by atoms with van der Waals surface area (Å²) in [6.07, 6.45) is 0.521. The van der Waals surface area contributed by atoms with Crippen molar-refractivity contribution in [2.75, 3.05) is 0 Å². The minimum Gasteiger partial charge on any atom is -0.328 e. The second-order valence-electron chi connectivity index (χ2n) is 4.11. The Morgan fingerprint density at radius 2 is 2.28 bits per heavy atom. The van der Waals surface area contributed by atoms with Gasteiger partial charge in [0, 0.05) is 16.5 Å². The van der Waals surface area contributed by atoms with Crippen LogP contribution in [-0.4, -0.2) is 15.4 Å². The first-order chi connectivity index (χ1) is 8.56. The predicted octanol–water partition coefficient (Wildman–Crippen LogP) is 3.03. The lowest BCUT2D eigenvalue weighted by Gasteiger charge is -2.11. The van der Waals surface area contributed by atoms with Crippen LogP contribution in [0.15, 0.2) is 27.4 Å². The van der Waals surface area contributed by atoms with Gasteiger partial charge >= 0.3 is 0 Å². The van der Waals surface area contributed by atoms with E-state index in [9.17, 15) is 4.39 Å². The molecule has 0 saturated heterocycles. The maximum absolute atomic E-state index is 13.8. The van der Waals surface area contributed by atoms with Gasteiger partial charge in [0.1, 0.15) is 11.6 Å². The van der Waals surface area contributed by atoms with Gasteiger partial charge in [0.25, 0.3) is 0 Å². The van der Waals surface area contributed by atoms with Crippen LogP contribution in [0.25, 0.3) is 0 Å². The lowest BCUT2D eigenvalue weighted by Crippen LogP contribution is -2.19. The van der Waals surface area contributed by atoms with Crippen LogP contribution in [0.5, 0.6) is 0 Å². The highest BCUT2D eigenvalue weighted by molar-refractivity contribution is 8.01. The van der Waals surface area contributed by atoms with Gasteiger partial charge in [0.05, 0.1) is 0 Å². The lowest BCUT2D eigenvalue weighted by atomic mass is 10.1. The molecule has 6 heteroatoms. The number of hydrogen-bond donors (Lipinski definition) is 1. The van der Waals surface area contributed by atoms with Crippen LogP contribution in [0.1, 0.15) is 18.3 Å². The van der Waals surface area contributed by atoms with Crippen molar-refractivity contribution in [3.63, 3.8) is 0 Å². The molecule has 0 amide bonds. The Kier molecular flexibility index (Phi) is 4.31. The first-order valence-electron chi connectivity index (χ1n) is 5.57. The van der Waals surface area contributed by atoms with Gasteiger partial charge in [0.2, 0.25) is 0 Å². The first kappa shape index (κ1) is 13.5. The standard InChI is InChI=1S/C12H14FN3S2/c1-7(14)6-9-10(13)4-3-5-11(9)17-12-15-8(2)16-18-12/h3-5,7H,6,14H2,1-2H3. The van der Waals surface area contributed by atoms with Gasteiger partial charge in [-0.15, -0.1) is 0 Å². The van der Waals surface area contributed by atoms with E-state index in [-0.39, 0.29) is 11.9 Å². The van der Waals surface area contributed by atoms with Crippen molar-refractivity contribution in [1.82, 2.24) is 9.36 Å². The van der Waals surface area contributed by atoms with E-state index in [2.05, 4.69) is 9.36 Å². The molecule has 18 heavy (non-hydrogen) atoms. The second-order valence-corrected chi connectivity index (χ2v) is 6.15. The van der Waals surface area contributed by atoms with E-state index >= 15 is 0 Å². The van der Waals surface area contributed by atoms with Crippen LogP contribution in [0, 0.1) is 12.7 Å². The molecule has 1 aromatic carbocycles. The van der Waals surface area contributed by atoms with Crippen LogP contribution in [0.2, 0.25) is 0 Å². The molecule has 0 radical (unpaired) electrons. The van der Waals surface area contributed by atoms with E-state index in [1.165, 1.54) is 29.4 Å². The summed E-state index contributed by atoms with van der Waals surface area (Å²) in [5.74, 6) is 0.534. The summed E-state index contributed by atoms with van der Waals surface area (Å²) in [5.41, 5.74) is 6.42. The van der Waals surface area contributed by atoms with Crippen molar-refractivity contribution in [3.05, 3.63) is 35.4 Å². The smallest absolute Gasteiger partial charge is 0.174 e. The van der Waals surface area contributed by atoms with Crippen LogP contribution in [0.3, 0.4) is 0 Å². The number of nitrogens with two attached hydrogens (primary N) is 1. The Bertz CT molecular complexity index is 540. The third kappa shape index (κ3) is 3.28. The fourth-order valence-corrected chi connectivity index (χ4v) is 3.34. The molecule has 0 aliphatic heterocycles. The Balaban J connectivity index is 2.29. The zero-order valence-corrected chi connectivity index (χ0v) is 11.8. The van der Waals surface area contributed by atoms with Crippen molar-refractivity contribution in [1.29, 1.82) is 0 Å². The molecule has 2 rings (SSSR count). The van der Waals surface area contributed by atoms with Crippen molar-refractivity contribution in [2.45, 2.75) is 35.5 Å². The van der Waals surface area contributed by atoms with Gasteiger partial charge in [-0.1, -0.05) is 17.8 Å². The number of nitrogens with zero attached hydrogens (tertiary/aromatic N) is 2. The van der Waals surface area contributed by atoms with E-state index in [4.69, 9.17) is 5.73 Å². The molecule has 0 bridgehead atoms. The number of rotatable bonds is 4. The average molecular weight is 283 g/mol. The van der Waals surface area contributed by atoms with Crippen LogP contribution in [-0.2, 0) is 6.42 Å². The third-order valence-electron chi connectivity index (χ3n) is 2.31. The van der Waals surface area contributed by atoms with Gasteiger partial charge in [-0.05, 0) is 43.9 Å². The normalized spacial score (nSPS) is 12.7. The van der Waals surface area contributed by atoms with E-state index < -0.39 is 0 Å². The molecule has 0 saturated carbocycles. The quantitative estimate of drug-likeness (QED) is 0.937. The number of halogens is 1. The van der Waals surface area contributed by atoms with Gasteiger partial charge < -0.3 is 5.73 Å². The van der Waals surface area contributed by atoms with Crippen molar-refractivity contribution in [3.8, 4) is 0 Å². The number of aryl methyl sites for hydroxylation is 1. The number of hydrogen-bond acceptors (Lipinski definition) is 5. The highest BCUT2D eigenvalue weighted by atomic mass is 32.2. The van der Waals surface area contributed by atoms with Crippen molar-refractivity contribution in [2.24, 2.45) is 5.73 Å². The monoisotopic (exact) mass is 283 g/mol. The highest BCUT2D eigenvalue weighted by Gasteiger charge is 2.13. The second kappa shape index (κ2) is 5.77. The molecule has 2 aromatic rings. The summed E-state index contributed by atoms with van der Waals surface area (Å²) < 4.78 is 18.8. The molecule has 1 aromatic heterocycles. The zero-order valence-electron chi connectivity index (χ0n) is 10.2.